The Morgan fingerprint density at radius 2 is 1.43 bits per heavy atom. The summed E-state index contributed by atoms with van der Waals surface area (Å²) in [5.74, 6) is 0.183. The topological polar surface area (TPSA) is 76.7 Å². The van der Waals surface area contributed by atoms with E-state index in [2.05, 4.69) is 17.6 Å². The van der Waals surface area contributed by atoms with E-state index in [-0.39, 0.29) is 13.3 Å². The van der Waals surface area contributed by atoms with E-state index in [0.717, 1.165) is 18.4 Å². The molecule has 28 heavy (non-hydrogen) atoms. The van der Waals surface area contributed by atoms with E-state index in [1.807, 2.05) is 12.1 Å². The fourth-order valence-electron chi connectivity index (χ4n) is 3.21. The lowest BCUT2D eigenvalue weighted by atomic mass is 10.1. The highest BCUT2D eigenvalue weighted by atomic mass is 16.7. The molecule has 6 nitrogen and oxygen atoms in total. The van der Waals surface area contributed by atoms with Crippen LogP contribution in [0.15, 0.2) is 18.2 Å². The molecule has 2 N–H and O–H groups in total. The van der Waals surface area contributed by atoms with Crippen LogP contribution in [0.5, 0.6) is 11.5 Å². The van der Waals surface area contributed by atoms with Gasteiger partial charge in [0.05, 0.1) is 0 Å². The summed E-state index contributed by atoms with van der Waals surface area (Å²) in [6.07, 6.45) is 12.5. The molecule has 2 rings (SSSR count). The molecular weight excluding hydrogens is 356 g/mol. The van der Waals surface area contributed by atoms with Crippen molar-refractivity contribution in [1.82, 2.24) is 10.6 Å². The van der Waals surface area contributed by atoms with Gasteiger partial charge in [0.25, 0.3) is 0 Å². The Labute approximate surface area is 168 Å². The molecule has 2 amide bonds. The number of carbonyl (C=O) groups is 2. The molecular formula is C22H34N2O4. The van der Waals surface area contributed by atoms with Crippen LogP contribution < -0.4 is 20.1 Å². The van der Waals surface area contributed by atoms with E-state index in [1.165, 1.54) is 51.4 Å². The lowest BCUT2D eigenvalue weighted by Gasteiger charge is -2.07. The lowest BCUT2D eigenvalue weighted by Crippen LogP contribution is -2.39. The van der Waals surface area contributed by atoms with Crippen LogP contribution in [0.2, 0.25) is 0 Å². The molecule has 6 heteroatoms. The molecule has 0 atom stereocenters. The van der Waals surface area contributed by atoms with Gasteiger partial charge in [-0.25, -0.2) is 0 Å². The normalized spacial score (nSPS) is 12.0. The molecule has 0 bridgehead atoms. The quantitative estimate of drug-likeness (QED) is 0.393. The first-order valence-corrected chi connectivity index (χ1v) is 10.6. The van der Waals surface area contributed by atoms with Crippen molar-refractivity contribution < 1.29 is 19.1 Å². The molecule has 0 saturated carbocycles. The first-order chi connectivity index (χ1) is 13.7. The minimum atomic E-state index is -0.607. The summed E-state index contributed by atoms with van der Waals surface area (Å²) < 4.78 is 10.6. The maximum Gasteiger partial charge on any atom is 0.309 e. The smallest absolute Gasteiger partial charge is 0.309 e. The van der Waals surface area contributed by atoms with E-state index in [4.69, 9.17) is 9.47 Å². The summed E-state index contributed by atoms with van der Waals surface area (Å²) in [6.45, 7) is 3.28. The second-order valence-electron chi connectivity index (χ2n) is 7.31. The fourth-order valence-corrected chi connectivity index (χ4v) is 3.21. The van der Waals surface area contributed by atoms with Gasteiger partial charge in [0.15, 0.2) is 11.5 Å². The number of hydrogen-bond acceptors (Lipinski definition) is 4. The highest BCUT2D eigenvalue weighted by Crippen LogP contribution is 2.32. The number of fused-ring (bicyclic) bond motifs is 1. The summed E-state index contributed by atoms with van der Waals surface area (Å²) >= 11 is 0. The average Bonchev–Trinajstić information content (AvgIpc) is 3.18. The molecule has 0 aliphatic carbocycles. The number of hydrogen-bond donors (Lipinski definition) is 2. The Morgan fingerprint density at radius 1 is 0.821 bits per heavy atom. The summed E-state index contributed by atoms with van der Waals surface area (Å²) in [6, 6.07) is 5.45. The number of carbonyl (C=O) groups excluding carboxylic acids is 2. The van der Waals surface area contributed by atoms with Gasteiger partial charge in [-0.05, 0) is 24.1 Å². The predicted molar refractivity (Wildman–Crippen MR) is 109 cm³/mol. The van der Waals surface area contributed by atoms with Crippen molar-refractivity contribution in [3.8, 4) is 11.5 Å². The summed E-state index contributed by atoms with van der Waals surface area (Å²) in [5, 5.41) is 5.32. The van der Waals surface area contributed by atoms with Crippen molar-refractivity contribution in [3.63, 3.8) is 0 Å². The highest BCUT2D eigenvalue weighted by molar-refractivity contribution is 6.35. The summed E-state index contributed by atoms with van der Waals surface area (Å²) in [5.41, 5.74) is 0.861. The van der Waals surface area contributed by atoms with Crippen molar-refractivity contribution in [3.05, 3.63) is 23.8 Å². The molecule has 1 aromatic rings. The Morgan fingerprint density at radius 3 is 2.14 bits per heavy atom. The second-order valence-corrected chi connectivity index (χ2v) is 7.31. The Hall–Kier alpha value is -2.24. The Bertz CT molecular complexity index is 619. The van der Waals surface area contributed by atoms with E-state index in [9.17, 15) is 9.59 Å². The third kappa shape index (κ3) is 8.19. The molecule has 0 unspecified atom stereocenters. The third-order valence-corrected chi connectivity index (χ3v) is 4.91. The maximum absolute atomic E-state index is 11.9. The summed E-state index contributed by atoms with van der Waals surface area (Å²) in [7, 11) is 0. The minimum absolute atomic E-state index is 0.215. The molecule has 0 saturated heterocycles. The van der Waals surface area contributed by atoms with Crippen LogP contribution in [0.3, 0.4) is 0 Å². The van der Waals surface area contributed by atoms with Gasteiger partial charge in [0, 0.05) is 13.1 Å². The molecule has 0 radical (unpaired) electrons. The van der Waals surface area contributed by atoms with Gasteiger partial charge >= 0.3 is 11.8 Å². The molecule has 156 valence electrons. The van der Waals surface area contributed by atoms with Gasteiger partial charge in [0.2, 0.25) is 6.79 Å². The Balaban J connectivity index is 1.47. The van der Waals surface area contributed by atoms with Crippen LogP contribution in [0.1, 0.15) is 76.7 Å². The van der Waals surface area contributed by atoms with Gasteiger partial charge in [0.1, 0.15) is 0 Å². The van der Waals surface area contributed by atoms with Gasteiger partial charge in [-0.1, -0.05) is 70.8 Å². The molecule has 1 aliphatic heterocycles. The number of rotatable bonds is 13. The SMILES string of the molecule is CCCCCCCCCCCCNC(=O)C(=O)NCc1ccc2c(c1)OCO2. The van der Waals surface area contributed by atoms with Crippen LogP contribution in [0, 0.1) is 0 Å². The third-order valence-electron chi connectivity index (χ3n) is 4.91. The first kappa shape index (κ1) is 22.1. The Kier molecular flexibility index (Phi) is 10.3. The zero-order valence-electron chi connectivity index (χ0n) is 17.1. The number of amides is 2. The van der Waals surface area contributed by atoms with Gasteiger partial charge < -0.3 is 20.1 Å². The predicted octanol–water partition coefficient (Wildman–Crippen LogP) is 4.07. The van der Waals surface area contributed by atoms with Gasteiger partial charge in [-0.15, -0.1) is 0 Å². The van der Waals surface area contributed by atoms with Crippen LogP contribution in [0.25, 0.3) is 0 Å². The molecule has 0 aromatic heterocycles. The fraction of sp³-hybridized carbons (Fsp3) is 0.636. The van der Waals surface area contributed by atoms with Crippen molar-refractivity contribution in [2.45, 2.75) is 77.7 Å². The molecule has 1 aliphatic rings. The lowest BCUT2D eigenvalue weighted by molar-refractivity contribution is -0.139. The number of benzene rings is 1. The van der Waals surface area contributed by atoms with Crippen LogP contribution in [-0.4, -0.2) is 25.2 Å². The largest absolute Gasteiger partial charge is 0.454 e. The van der Waals surface area contributed by atoms with Crippen molar-refractivity contribution >= 4 is 11.8 Å². The van der Waals surface area contributed by atoms with Crippen molar-refractivity contribution in [2.24, 2.45) is 0 Å². The summed E-state index contributed by atoms with van der Waals surface area (Å²) in [4.78, 5) is 23.7. The van der Waals surface area contributed by atoms with Crippen LogP contribution in [0.4, 0.5) is 0 Å². The minimum Gasteiger partial charge on any atom is -0.454 e. The standard InChI is InChI=1S/C22H34N2O4/c1-2-3-4-5-6-7-8-9-10-11-14-23-21(25)22(26)24-16-18-12-13-19-20(15-18)28-17-27-19/h12-13,15H,2-11,14,16-17H2,1H3,(H,23,25)(H,24,26). The zero-order chi connectivity index (χ0) is 20.0. The van der Waals surface area contributed by atoms with E-state index in [1.54, 1.807) is 6.07 Å². The maximum atomic E-state index is 11.9. The monoisotopic (exact) mass is 390 g/mol. The molecule has 1 heterocycles. The van der Waals surface area contributed by atoms with Gasteiger partial charge in [-0.2, -0.15) is 0 Å². The molecule has 0 fully saturated rings. The van der Waals surface area contributed by atoms with Crippen LogP contribution in [-0.2, 0) is 16.1 Å². The highest BCUT2D eigenvalue weighted by Gasteiger charge is 2.15. The molecule has 1 aromatic carbocycles. The van der Waals surface area contributed by atoms with Crippen LogP contribution >= 0.6 is 0 Å². The van der Waals surface area contributed by atoms with E-state index in [0.29, 0.717) is 18.0 Å². The number of ether oxygens (including phenoxy) is 2. The van der Waals surface area contributed by atoms with E-state index < -0.39 is 11.8 Å². The van der Waals surface area contributed by atoms with Crippen molar-refractivity contribution in [1.29, 1.82) is 0 Å². The average molecular weight is 391 g/mol. The van der Waals surface area contributed by atoms with Gasteiger partial charge in [-0.3, -0.25) is 9.59 Å². The first-order valence-electron chi connectivity index (χ1n) is 10.6. The zero-order valence-corrected chi connectivity index (χ0v) is 17.1. The second kappa shape index (κ2) is 13.0. The number of unbranched alkanes of at least 4 members (excludes halogenated alkanes) is 9. The van der Waals surface area contributed by atoms with E-state index >= 15 is 0 Å². The number of nitrogens with one attached hydrogen (secondary N) is 2. The van der Waals surface area contributed by atoms with Crippen molar-refractivity contribution in [2.75, 3.05) is 13.3 Å². The molecule has 0 spiro atoms.